The van der Waals surface area contributed by atoms with Gasteiger partial charge >= 0.3 is 94.4 Å². The summed E-state index contributed by atoms with van der Waals surface area (Å²) >= 11 is 0. The van der Waals surface area contributed by atoms with Crippen molar-refractivity contribution < 1.29 is 19.8 Å². The van der Waals surface area contributed by atoms with Gasteiger partial charge in [-0.1, -0.05) is 0 Å². The molecule has 0 aromatic carbocycles. The molecule has 0 unspecified atom stereocenters. The molecule has 0 spiro atoms. The molecule has 0 aliphatic rings. The Bertz CT molecular complexity index is 75.3. The number of hydrogen-bond donors (Lipinski definition) is 2. The summed E-state index contributed by atoms with van der Waals surface area (Å²) in [6.07, 6.45) is 0. The zero-order valence-electron chi connectivity index (χ0n) is 4.71. The van der Waals surface area contributed by atoms with Crippen molar-refractivity contribution in [3.05, 3.63) is 0 Å². The molecular weight excluding hydrogens is 337 g/mol. The van der Waals surface area contributed by atoms with Crippen LogP contribution in [0.2, 0.25) is 0 Å². The molecule has 0 aliphatic heterocycles. The Labute approximate surface area is 137 Å². The molecule has 0 bridgehead atoms. The maximum absolute atomic E-state index is 9.00. The molecule has 0 aromatic heterocycles. The first kappa shape index (κ1) is 22.7. The topological polar surface area (TPSA) is 74.6 Å². The molecule has 0 saturated carbocycles. The van der Waals surface area contributed by atoms with Crippen LogP contribution in [0.1, 0.15) is 13.8 Å². The van der Waals surface area contributed by atoms with Gasteiger partial charge in [0.25, 0.3) is 11.9 Å². The SMILES string of the molecule is CC(=O)O.CC(=O)O.[BaH2].[SrH2]. The van der Waals surface area contributed by atoms with Crippen molar-refractivity contribution >= 4 is 106 Å². The molecule has 2 N–H and O–H groups in total. The monoisotopic (exact) mass is 350 g/mol. The third kappa shape index (κ3) is 204. The first-order valence-electron chi connectivity index (χ1n) is 1.86. The predicted molar refractivity (Wildman–Crippen MR) is 43.7 cm³/mol. The zero-order chi connectivity index (χ0) is 7.15. The first-order valence-corrected chi connectivity index (χ1v) is 1.86. The van der Waals surface area contributed by atoms with Gasteiger partial charge in [-0.15, -0.1) is 0 Å². The van der Waals surface area contributed by atoms with E-state index in [0.29, 0.717) is 0 Å². The molecule has 0 aliphatic carbocycles. The van der Waals surface area contributed by atoms with Crippen molar-refractivity contribution in [1.82, 2.24) is 0 Å². The van der Waals surface area contributed by atoms with Crippen molar-refractivity contribution in [3.8, 4) is 0 Å². The maximum atomic E-state index is 9.00. The summed E-state index contributed by atoms with van der Waals surface area (Å²) in [4.78, 5) is 18.0. The van der Waals surface area contributed by atoms with Crippen LogP contribution in [-0.4, -0.2) is 117 Å². The fourth-order valence-electron chi connectivity index (χ4n) is 0. The van der Waals surface area contributed by atoms with Gasteiger partial charge in [-0.2, -0.15) is 0 Å². The third-order valence-electron chi connectivity index (χ3n) is 0. The van der Waals surface area contributed by atoms with Crippen molar-refractivity contribution in [2.24, 2.45) is 0 Å². The van der Waals surface area contributed by atoms with Crippen LogP contribution in [0.3, 0.4) is 0 Å². The van der Waals surface area contributed by atoms with E-state index >= 15 is 0 Å². The molecule has 0 saturated heterocycles. The van der Waals surface area contributed by atoms with Gasteiger partial charge in [0.05, 0.1) is 0 Å². The molecule has 56 valence electrons. The minimum atomic E-state index is -0.833. The molecule has 6 heteroatoms. The summed E-state index contributed by atoms with van der Waals surface area (Å²) < 4.78 is 0. The van der Waals surface area contributed by atoms with E-state index in [1.165, 1.54) is 0 Å². The summed E-state index contributed by atoms with van der Waals surface area (Å²) in [5.74, 6) is -1.67. The van der Waals surface area contributed by atoms with Crippen molar-refractivity contribution in [3.63, 3.8) is 0 Å². The molecule has 0 rings (SSSR count). The molecule has 0 atom stereocenters. The fourth-order valence-corrected chi connectivity index (χ4v) is 0. The van der Waals surface area contributed by atoms with Gasteiger partial charge in [-0.3, -0.25) is 9.59 Å². The summed E-state index contributed by atoms with van der Waals surface area (Å²) in [6.45, 7) is 2.17. The number of hydrogen-bond acceptors (Lipinski definition) is 2. The van der Waals surface area contributed by atoms with Crippen LogP contribution in [0.15, 0.2) is 0 Å². The van der Waals surface area contributed by atoms with Crippen LogP contribution in [-0.2, 0) is 9.59 Å². The molecule has 0 heterocycles. The summed E-state index contributed by atoms with van der Waals surface area (Å²) in [6, 6.07) is 0. The fraction of sp³-hybridized carbons (Fsp3) is 0.500. The second kappa shape index (κ2) is 17.2. The molecule has 0 fully saturated rings. The Balaban J connectivity index is -0.0000000300. The van der Waals surface area contributed by atoms with Gasteiger partial charge < -0.3 is 10.2 Å². The number of carbonyl (C=O) groups is 2. The van der Waals surface area contributed by atoms with E-state index in [-0.39, 0.29) is 94.4 Å². The normalized spacial score (nSPS) is 5.00. The van der Waals surface area contributed by atoms with E-state index in [1.807, 2.05) is 0 Å². The number of aliphatic carboxylic acids is 2. The van der Waals surface area contributed by atoms with E-state index in [9.17, 15) is 0 Å². The quantitative estimate of drug-likeness (QED) is 0.514. The Hall–Kier alpha value is 1.99. The number of carboxylic acid groups (broad SMARTS) is 2. The Kier molecular flexibility index (Phi) is 39.0. The summed E-state index contributed by atoms with van der Waals surface area (Å²) in [5.41, 5.74) is 0. The van der Waals surface area contributed by atoms with E-state index in [4.69, 9.17) is 19.8 Å². The van der Waals surface area contributed by atoms with Gasteiger partial charge in [0.15, 0.2) is 0 Å². The Morgan fingerprint density at radius 1 is 1.00 bits per heavy atom. The summed E-state index contributed by atoms with van der Waals surface area (Å²) in [5, 5.41) is 14.8. The van der Waals surface area contributed by atoms with E-state index in [2.05, 4.69) is 0 Å². The van der Waals surface area contributed by atoms with Gasteiger partial charge in [0, 0.05) is 13.8 Å². The second-order valence-corrected chi connectivity index (χ2v) is 1.04. The van der Waals surface area contributed by atoms with Crippen LogP contribution in [0.25, 0.3) is 0 Å². The van der Waals surface area contributed by atoms with E-state index in [0.717, 1.165) is 13.8 Å². The van der Waals surface area contributed by atoms with Crippen LogP contribution >= 0.6 is 0 Å². The van der Waals surface area contributed by atoms with E-state index in [1.54, 1.807) is 0 Å². The average Bonchev–Trinajstić information content (AvgIpc) is 1.25. The van der Waals surface area contributed by atoms with Crippen LogP contribution in [0, 0.1) is 0 Å². The molecule has 10 heavy (non-hydrogen) atoms. The Morgan fingerprint density at radius 3 is 1.00 bits per heavy atom. The van der Waals surface area contributed by atoms with Crippen molar-refractivity contribution in [2.45, 2.75) is 13.8 Å². The van der Waals surface area contributed by atoms with Crippen LogP contribution in [0.5, 0.6) is 0 Å². The number of carboxylic acids is 2. The number of rotatable bonds is 0. The summed E-state index contributed by atoms with van der Waals surface area (Å²) in [7, 11) is 0. The molecular formula is C4H12BaO4Sr. The van der Waals surface area contributed by atoms with Gasteiger partial charge in [0.1, 0.15) is 0 Å². The average molecular weight is 349 g/mol. The van der Waals surface area contributed by atoms with Crippen molar-refractivity contribution in [2.75, 3.05) is 0 Å². The molecule has 4 nitrogen and oxygen atoms in total. The van der Waals surface area contributed by atoms with Gasteiger partial charge in [-0.25, -0.2) is 0 Å². The van der Waals surface area contributed by atoms with Crippen LogP contribution < -0.4 is 0 Å². The van der Waals surface area contributed by atoms with Crippen molar-refractivity contribution in [1.29, 1.82) is 0 Å². The Morgan fingerprint density at radius 2 is 1.00 bits per heavy atom. The molecule has 0 radical (unpaired) electrons. The predicted octanol–water partition coefficient (Wildman–Crippen LogP) is -1.65. The standard InChI is InChI=1S/2C2H4O2.Ba.Sr.4H/c2*1-2(3)4;;;;;;/h2*1H3,(H,3,4);;;;;;. The minimum absolute atomic E-state index is 0. The zero-order valence-corrected chi connectivity index (χ0v) is 4.71. The van der Waals surface area contributed by atoms with Gasteiger partial charge in [0.2, 0.25) is 0 Å². The van der Waals surface area contributed by atoms with E-state index < -0.39 is 11.9 Å². The van der Waals surface area contributed by atoms with Gasteiger partial charge in [-0.05, 0) is 0 Å². The van der Waals surface area contributed by atoms with Crippen LogP contribution in [0.4, 0.5) is 0 Å². The first-order chi connectivity index (χ1) is 3.46. The second-order valence-electron chi connectivity index (χ2n) is 1.04. The molecule has 0 aromatic rings. The molecule has 0 amide bonds. The third-order valence-corrected chi connectivity index (χ3v) is 0.